The quantitative estimate of drug-likeness (QED) is 0.843. The molecule has 0 aliphatic carbocycles. The fraction of sp³-hybridized carbons (Fsp3) is 0.400. The summed E-state index contributed by atoms with van der Waals surface area (Å²) in [7, 11) is 0. The molecule has 2 rings (SSSR count). The Morgan fingerprint density at radius 3 is 2.52 bits per heavy atom. The molecule has 21 heavy (non-hydrogen) atoms. The van der Waals surface area contributed by atoms with E-state index in [0.29, 0.717) is 18.3 Å². The van der Waals surface area contributed by atoms with E-state index >= 15 is 0 Å². The minimum atomic E-state index is 0.223. The van der Waals surface area contributed by atoms with Crippen LogP contribution < -0.4 is 14.8 Å². The predicted molar refractivity (Wildman–Crippen MR) is 81.0 cm³/mol. The first kappa shape index (κ1) is 15.0. The molecule has 6 heteroatoms. The minimum absolute atomic E-state index is 0.223. The van der Waals surface area contributed by atoms with E-state index in [9.17, 15) is 0 Å². The van der Waals surface area contributed by atoms with E-state index in [-0.39, 0.29) is 12.0 Å². The van der Waals surface area contributed by atoms with Gasteiger partial charge >= 0.3 is 12.0 Å². The van der Waals surface area contributed by atoms with E-state index in [1.165, 1.54) is 0 Å². The van der Waals surface area contributed by atoms with Crippen molar-refractivity contribution in [1.82, 2.24) is 15.0 Å². The summed E-state index contributed by atoms with van der Waals surface area (Å²) < 4.78 is 11.1. The molecule has 2 aromatic rings. The number of benzene rings is 1. The molecule has 112 valence electrons. The number of ether oxygens (including phenoxy) is 2. The molecule has 1 aromatic carbocycles. The van der Waals surface area contributed by atoms with Crippen molar-refractivity contribution < 1.29 is 9.47 Å². The second kappa shape index (κ2) is 7.42. The maximum absolute atomic E-state index is 5.73. The fourth-order valence-corrected chi connectivity index (χ4v) is 1.66. The van der Waals surface area contributed by atoms with Crippen LogP contribution in [-0.2, 0) is 0 Å². The standard InChI is InChI=1S/C15H20N4O2/c1-4-10-16-13-17-14(20-5-2)19-15(18-13)21-12-9-7-6-8-11(12)3/h6-9H,4-5,10H2,1-3H3,(H,16,17,18,19). The first-order chi connectivity index (χ1) is 10.2. The molecular weight excluding hydrogens is 268 g/mol. The highest BCUT2D eigenvalue weighted by Crippen LogP contribution is 2.23. The van der Waals surface area contributed by atoms with Crippen molar-refractivity contribution in [2.45, 2.75) is 27.2 Å². The van der Waals surface area contributed by atoms with Crippen LogP contribution in [0.2, 0.25) is 0 Å². The van der Waals surface area contributed by atoms with E-state index in [2.05, 4.69) is 27.2 Å². The number of nitrogens with one attached hydrogen (secondary N) is 1. The lowest BCUT2D eigenvalue weighted by atomic mass is 10.2. The molecular formula is C15H20N4O2. The second-order valence-corrected chi connectivity index (χ2v) is 4.45. The van der Waals surface area contributed by atoms with Gasteiger partial charge < -0.3 is 14.8 Å². The molecule has 1 N–H and O–H groups in total. The van der Waals surface area contributed by atoms with Gasteiger partial charge in [0.25, 0.3) is 0 Å². The van der Waals surface area contributed by atoms with E-state index in [1.807, 2.05) is 38.1 Å². The highest BCUT2D eigenvalue weighted by Gasteiger charge is 2.10. The zero-order chi connectivity index (χ0) is 15.1. The molecule has 0 saturated carbocycles. The van der Waals surface area contributed by atoms with Gasteiger partial charge in [-0.2, -0.15) is 9.97 Å². The predicted octanol–water partition coefficient (Wildman–Crippen LogP) is 3.19. The number of aryl methyl sites for hydroxylation is 1. The summed E-state index contributed by atoms with van der Waals surface area (Å²) in [5.41, 5.74) is 1.01. The van der Waals surface area contributed by atoms with Gasteiger partial charge in [0.1, 0.15) is 5.75 Å². The lowest BCUT2D eigenvalue weighted by Gasteiger charge is -2.10. The molecule has 0 saturated heterocycles. The van der Waals surface area contributed by atoms with Gasteiger partial charge in [0.15, 0.2) is 0 Å². The smallest absolute Gasteiger partial charge is 0.330 e. The molecule has 6 nitrogen and oxygen atoms in total. The number of nitrogens with zero attached hydrogens (tertiary/aromatic N) is 3. The Morgan fingerprint density at radius 2 is 1.81 bits per heavy atom. The molecule has 0 amide bonds. The van der Waals surface area contributed by atoms with Gasteiger partial charge in [-0.25, -0.2) is 0 Å². The Morgan fingerprint density at radius 1 is 1.05 bits per heavy atom. The maximum atomic E-state index is 5.73. The maximum Gasteiger partial charge on any atom is 0.330 e. The van der Waals surface area contributed by atoms with Gasteiger partial charge in [-0.1, -0.05) is 25.1 Å². The molecule has 0 spiro atoms. The Hall–Kier alpha value is -2.37. The highest BCUT2D eigenvalue weighted by atomic mass is 16.5. The van der Waals surface area contributed by atoms with Crippen molar-refractivity contribution >= 4 is 5.95 Å². The Bertz CT molecular complexity index is 590. The van der Waals surface area contributed by atoms with Gasteiger partial charge in [0.05, 0.1) is 6.61 Å². The number of anilines is 1. The number of hydrogen-bond donors (Lipinski definition) is 1. The largest absolute Gasteiger partial charge is 0.464 e. The Labute approximate surface area is 124 Å². The summed E-state index contributed by atoms with van der Waals surface area (Å²) in [6, 6.07) is 8.18. The normalized spacial score (nSPS) is 10.2. The van der Waals surface area contributed by atoms with Crippen molar-refractivity contribution in [3.63, 3.8) is 0 Å². The van der Waals surface area contributed by atoms with Crippen molar-refractivity contribution in [2.24, 2.45) is 0 Å². The number of aromatic nitrogens is 3. The average molecular weight is 288 g/mol. The fourth-order valence-electron chi connectivity index (χ4n) is 1.66. The third-order valence-electron chi connectivity index (χ3n) is 2.70. The molecule has 0 unspecified atom stereocenters. The summed E-state index contributed by atoms with van der Waals surface area (Å²) in [4.78, 5) is 12.6. The van der Waals surface area contributed by atoms with Crippen molar-refractivity contribution in [3.8, 4) is 17.8 Å². The van der Waals surface area contributed by atoms with Crippen LogP contribution in [-0.4, -0.2) is 28.1 Å². The molecule has 0 atom stereocenters. The highest BCUT2D eigenvalue weighted by molar-refractivity contribution is 5.35. The van der Waals surface area contributed by atoms with Crippen LogP contribution in [0, 0.1) is 6.92 Å². The van der Waals surface area contributed by atoms with Gasteiger partial charge in [0, 0.05) is 6.54 Å². The van der Waals surface area contributed by atoms with Crippen molar-refractivity contribution in [3.05, 3.63) is 29.8 Å². The van der Waals surface area contributed by atoms with Crippen LogP contribution in [0.1, 0.15) is 25.8 Å². The third-order valence-corrected chi connectivity index (χ3v) is 2.70. The molecule has 1 heterocycles. The van der Waals surface area contributed by atoms with Gasteiger partial charge in [-0.3, -0.25) is 0 Å². The van der Waals surface area contributed by atoms with Crippen LogP contribution in [0.15, 0.2) is 24.3 Å². The zero-order valence-electron chi connectivity index (χ0n) is 12.6. The van der Waals surface area contributed by atoms with Crippen LogP contribution in [0.3, 0.4) is 0 Å². The molecule has 0 aliphatic heterocycles. The molecule has 0 bridgehead atoms. The van der Waals surface area contributed by atoms with Crippen molar-refractivity contribution in [2.75, 3.05) is 18.5 Å². The Kier molecular flexibility index (Phi) is 5.31. The summed E-state index contributed by atoms with van der Waals surface area (Å²) in [6.07, 6.45) is 0.976. The average Bonchev–Trinajstić information content (AvgIpc) is 2.48. The lowest BCUT2D eigenvalue weighted by Crippen LogP contribution is -2.08. The van der Waals surface area contributed by atoms with Gasteiger partial charge in [0.2, 0.25) is 5.95 Å². The van der Waals surface area contributed by atoms with Crippen molar-refractivity contribution in [1.29, 1.82) is 0 Å². The van der Waals surface area contributed by atoms with E-state index in [0.717, 1.165) is 18.5 Å². The van der Waals surface area contributed by atoms with Crippen LogP contribution in [0.25, 0.3) is 0 Å². The molecule has 0 radical (unpaired) electrons. The third kappa shape index (κ3) is 4.30. The molecule has 1 aromatic heterocycles. The van der Waals surface area contributed by atoms with Crippen LogP contribution in [0.4, 0.5) is 5.95 Å². The lowest BCUT2D eigenvalue weighted by molar-refractivity contribution is 0.303. The van der Waals surface area contributed by atoms with E-state index in [4.69, 9.17) is 9.47 Å². The number of para-hydroxylation sites is 1. The summed E-state index contributed by atoms with van der Waals surface area (Å²) in [5, 5.41) is 3.11. The SMILES string of the molecule is CCCNc1nc(OCC)nc(Oc2ccccc2C)n1. The molecule has 0 aliphatic rings. The van der Waals surface area contributed by atoms with Crippen LogP contribution in [0.5, 0.6) is 17.8 Å². The monoisotopic (exact) mass is 288 g/mol. The number of hydrogen-bond acceptors (Lipinski definition) is 6. The molecule has 0 fully saturated rings. The van der Waals surface area contributed by atoms with E-state index < -0.39 is 0 Å². The zero-order valence-corrected chi connectivity index (χ0v) is 12.6. The number of rotatable bonds is 7. The van der Waals surface area contributed by atoms with E-state index in [1.54, 1.807) is 0 Å². The Balaban J connectivity index is 2.24. The van der Waals surface area contributed by atoms with Gasteiger partial charge in [-0.05, 0) is 31.9 Å². The summed E-state index contributed by atoms with van der Waals surface area (Å²) in [5.74, 6) is 1.17. The second-order valence-electron chi connectivity index (χ2n) is 4.45. The first-order valence-electron chi connectivity index (χ1n) is 7.09. The minimum Gasteiger partial charge on any atom is -0.464 e. The topological polar surface area (TPSA) is 69.2 Å². The summed E-state index contributed by atoms with van der Waals surface area (Å²) in [6.45, 7) is 7.18. The van der Waals surface area contributed by atoms with Gasteiger partial charge in [-0.15, -0.1) is 4.98 Å². The first-order valence-corrected chi connectivity index (χ1v) is 7.09. The summed E-state index contributed by atoms with van der Waals surface area (Å²) >= 11 is 0. The van der Waals surface area contributed by atoms with Crippen LogP contribution >= 0.6 is 0 Å².